The molecule has 0 bridgehead atoms. The number of ether oxygens (including phenoxy) is 1. The Morgan fingerprint density at radius 1 is 1.18 bits per heavy atom. The van der Waals surface area contributed by atoms with Crippen molar-refractivity contribution in [3.05, 3.63) is 35.9 Å². The summed E-state index contributed by atoms with van der Waals surface area (Å²) in [5.74, 6) is 0. The quantitative estimate of drug-likeness (QED) is 0.698. The molecule has 0 aromatic heterocycles. The summed E-state index contributed by atoms with van der Waals surface area (Å²) in [7, 11) is 0. The average molecular weight is 235 g/mol. The van der Waals surface area contributed by atoms with Gasteiger partial charge in [0.25, 0.3) is 0 Å². The van der Waals surface area contributed by atoms with Gasteiger partial charge < -0.3 is 10.1 Å². The third-order valence-corrected chi connectivity index (χ3v) is 3.06. The van der Waals surface area contributed by atoms with Crippen LogP contribution in [-0.4, -0.2) is 18.7 Å². The Balaban J connectivity index is 2.02. The van der Waals surface area contributed by atoms with E-state index in [2.05, 4.69) is 38.2 Å². The van der Waals surface area contributed by atoms with Crippen molar-refractivity contribution in [2.45, 2.75) is 45.8 Å². The molecule has 2 nitrogen and oxygen atoms in total. The summed E-state index contributed by atoms with van der Waals surface area (Å²) in [4.78, 5) is 0. The highest BCUT2D eigenvalue weighted by Crippen LogP contribution is 2.06. The molecule has 0 aliphatic rings. The highest BCUT2D eigenvalue weighted by Gasteiger charge is 2.12. The Bertz CT molecular complexity index is 295. The normalized spacial score (nSPS) is 11.7. The molecule has 96 valence electrons. The molecule has 0 fully saturated rings. The van der Waals surface area contributed by atoms with Crippen LogP contribution in [0.4, 0.5) is 0 Å². The van der Waals surface area contributed by atoms with Gasteiger partial charge in [-0.3, -0.25) is 0 Å². The highest BCUT2D eigenvalue weighted by atomic mass is 16.5. The van der Waals surface area contributed by atoms with Crippen molar-refractivity contribution < 1.29 is 4.74 Å². The standard InChI is InChI=1S/C15H25NO/c1-4-15(2,3)16-11-8-12-17-13-14-9-6-5-7-10-14/h5-7,9-10,16H,4,8,11-13H2,1-3H3. The lowest BCUT2D eigenvalue weighted by Gasteiger charge is -2.24. The van der Waals surface area contributed by atoms with Crippen molar-refractivity contribution >= 4 is 0 Å². The summed E-state index contributed by atoms with van der Waals surface area (Å²) >= 11 is 0. The van der Waals surface area contributed by atoms with Crippen LogP contribution < -0.4 is 5.32 Å². The molecule has 0 amide bonds. The van der Waals surface area contributed by atoms with E-state index in [9.17, 15) is 0 Å². The first-order valence-electron chi connectivity index (χ1n) is 6.51. The van der Waals surface area contributed by atoms with Gasteiger partial charge in [0.15, 0.2) is 0 Å². The first kappa shape index (κ1) is 14.2. The van der Waals surface area contributed by atoms with E-state index < -0.39 is 0 Å². The molecule has 17 heavy (non-hydrogen) atoms. The van der Waals surface area contributed by atoms with Crippen molar-refractivity contribution in [2.75, 3.05) is 13.2 Å². The SMILES string of the molecule is CCC(C)(C)NCCCOCc1ccccc1. The molecular weight excluding hydrogens is 210 g/mol. The molecule has 0 atom stereocenters. The van der Waals surface area contributed by atoms with Gasteiger partial charge in [-0.2, -0.15) is 0 Å². The fraction of sp³-hybridized carbons (Fsp3) is 0.600. The minimum absolute atomic E-state index is 0.249. The van der Waals surface area contributed by atoms with Crippen molar-refractivity contribution in [2.24, 2.45) is 0 Å². The zero-order valence-corrected chi connectivity index (χ0v) is 11.3. The summed E-state index contributed by atoms with van der Waals surface area (Å²) in [6.07, 6.45) is 2.22. The van der Waals surface area contributed by atoms with Crippen molar-refractivity contribution in [3.63, 3.8) is 0 Å². The Morgan fingerprint density at radius 2 is 1.88 bits per heavy atom. The summed E-state index contributed by atoms with van der Waals surface area (Å²) in [6.45, 7) is 9.24. The second kappa shape index (κ2) is 7.46. The maximum Gasteiger partial charge on any atom is 0.0716 e. The van der Waals surface area contributed by atoms with Gasteiger partial charge in [0.05, 0.1) is 6.61 Å². The molecule has 1 aromatic carbocycles. The van der Waals surface area contributed by atoms with E-state index in [1.807, 2.05) is 18.2 Å². The number of hydrogen-bond donors (Lipinski definition) is 1. The summed E-state index contributed by atoms with van der Waals surface area (Å²) < 4.78 is 5.63. The number of nitrogens with one attached hydrogen (secondary N) is 1. The van der Waals surface area contributed by atoms with Gasteiger partial charge in [-0.15, -0.1) is 0 Å². The second-order valence-corrected chi connectivity index (χ2v) is 5.06. The first-order chi connectivity index (χ1) is 8.14. The van der Waals surface area contributed by atoms with Crippen LogP contribution in [0.2, 0.25) is 0 Å². The van der Waals surface area contributed by atoms with E-state index in [1.165, 1.54) is 5.56 Å². The Hall–Kier alpha value is -0.860. The van der Waals surface area contributed by atoms with Gasteiger partial charge in [0.1, 0.15) is 0 Å². The number of rotatable bonds is 8. The van der Waals surface area contributed by atoms with Crippen LogP contribution in [0, 0.1) is 0 Å². The molecule has 0 unspecified atom stereocenters. The van der Waals surface area contributed by atoms with Gasteiger partial charge >= 0.3 is 0 Å². The topological polar surface area (TPSA) is 21.3 Å². The lowest BCUT2D eigenvalue weighted by atomic mass is 10.0. The number of hydrogen-bond acceptors (Lipinski definition) is 2. The lowest BCUT2D eigenvalue weighted by Crippen LogP contribution is -2.39. The second-order valence-electron chi connectivity index (χ2n) is 5.06. The monoisotopic (exact) mass is 235 g/mol. The van der Waals surface area contributed by atoms with E-state index >= 15 is 0 Å². The van der Waals surface area contributed by atoms with E-state index in [-0.39, 0.29) is 5.54 Å². The van der Waals surface area contributed by atoms with Crippen molar-refractivity contribution in [3.8, 4) is 0 Å². The smallest absolute Gasteiger partial charge is 0.0716 e. The number of benzene rings is 1. The maximum atomic E-state index is 5.63. The summed E-state index contributed by atoms with van der Waals surface area (Å²) in [5.41, 5.74) is 1.49. The molecule has 0 aliphatic carbocycles. The zero-order valence-electron chi connectivity index (χ0n) is 11.3. The van der Waals surface area contributed by atoms with Crippen LogP contribution in [0.5, 0.6) is 0 Å². The maximum absolute atomic E-state index is 5.63. The molecular formula is C15H25NO. The Morgan fingerprint density at radius 3 is 2.53 bits per heavy atom. The van der Waals surface area contributed by atoms with Crippen LogP contribution in [0.1, 0.15) is 39.2 Å². The highest BCUT2D eigenvalue weighted by molar-refractivity contribution is 5.13. The molecule has 1 rings (SSSR count). The van der Waals surface area contributed by atoms with Gasteiger partial charge in [-0.25, -0.2) is 0 Å². The first-order valence-corrected chi connectivity index (χ1v) is 6.51. The van der Waals surface area contributed by atoms with E-state index in [0.29, 0.717) is 0 Å². The average Bonchev–Trinajstić information content (AvgIpc) is 2.35. The zero-order chi connectivity index (χ0) is 12.6. The Labute approximate surface area is 105 Å². The molecule has 0 aliphatic heterocycles. The molecule has 1 aromatic rings. The molecule has 2 heteroatoms. The van der Waals surface area contributed by atoms with E-state index in [4.69, 9.17) is 4.74 Å². The summed E-state index contributed by atoms with van der Waals surface area (Å²) in [5, 5.41) is 3.53. The van der Waals surface area contributed by atoms with Crippen molar-refractivity contribution in [1.29, 1.82) is 0 Å². The molecule has 0 saturated carbocycles. The molecule has 0 heterocycles. The largest absolute Gasteiger partial charge is 0.377 e. The van der Waals surface area contributed by atoms with Gasteiger partial charge in [0.2, 0.25) is 0 Å². The van der Waals surface area contributed by atoms with Crippen LogP contribution >= 0.6 is 0 Å². The third kappa shape index (κ3) is 6.44. The lowest BCUT2D eigenvalue weighted by molar-refractivity contribution is 0.117. The molecule has 1 N–H and O–H groups in total. The van der Waals surface area contributed by atoms with E-state index in [1.54, 1.807) is 0 Å². The van der Waals surface area contributed by atoms with Crippen LogP contribution in [0.15, 0.2) is 30.3 Å². The van der Waals surface area contributed by atoms with Gasteiger partial charge in [-0.1, -0.05) is 37.3 Å². The predicted molar refractivity (Wildman–Crippen MR) is 73.1 cm³/mol. The fourth-order valence-electron chi connectivity index (χ4n) is 1.49. The summed E-state index contributed by atoms with van der Waals surface area (Å²) in [6, 6.07) is 10.3. The van der Waals surface area contributed by atoms with Crippen LogP contribution in [0.3, 0.4) is 0 Å². The van der Waals surface area contributed by atoms with Crippen molar-refractivity contribution in [1.82, 2.24) is 5.32 Å². The predicted octanol–water partition coefficient (Wildman–Crippen LogP) is 3.37. The molecule has 0 radical (unpaired) electrons. The van der Waals surface area contributed by atoms with E-state index in [0.717, 1.165) is 32.6 Å². The minimum atomic E-state index is 0.249. The third-order valence-electron chi connectivity index (χ3n) is 3.06. The van der Waals surface area contributed by atoms with Crippen LogP contribution in [0.25, 0.3) is 0 Å². The van der Waals surface area contributed by atoms with Crippen LogP contribution in [-0.2, 0) is 11.3 Å². The van der Waals surface area contributed by atoms with Gasteiger partial charge in [-0.05, 0) is 38.8 Å². The molecule has 0 saturated heterocycles. The van der Waals surface area contributed by atoms with Gasteiger partial charge in [0, 0.05) is 12.1 Å². The minimum Gasteiger partial charge on any atom is -0.377 e. The fourth-order valence-corrected chi connectivity index (χ4v) is 1.49. The molecule has 0 spiro atoms. The Kier molecular flexibility index (Phi) is 6.23.